The average Bonchev–Trinajstić information content (AvgIpc) is 3.15. The van der Waals surface area contributed by atoms with Gasteiger partial charge in [-0.1, -0.05) is 20.8 Å². The van der Waals surface area contributed by atoms with Crippen LogP contribution in [-0.2, 0) is 10.2 Å². The molecule has 4 heterocycles. The zero-order valence-electron chi connectivity index (χ0n) is 15.8. The summed E-state index contributed by atoms with van der Waals surface area (Å²) in [6.45, 7) is 10.9. The van der Waals surface area contributed by atoms with E-state index in [1.165, 1.54) is 0 Å². The highest BCUT2D eigenvalue weighted by atomic mass is 16.5. The van der Waals surface area contributed by atoms with E-state index in [0.29, 0.717) is 25.7 Å². The predicted molar refractivity (Wildman–Crippen MR) is 98.4 cm³/mol. The van der Waals surface area contributed by atoms with Crippen LogP contribution < -0.4 is 10.2 Å². The number of nitrogens with one attached hydrogen (secondary N) is 1. The van der Waals surface area contributed by atoms with Crippen LogP contribution >= 0.6 is 0 Å². The lowest BCUT2D eigenvalue weighted by Gasteiger charge is -2.40. The highest BCUT2D eigenvalue weighted by Crippen LogP contribution is 2.25. The molecule has 0 amide bonds. The molecule has 0 aromatic carbocycles. The van der Waals surface area contributed by atoms with Gasteiger partial charge in [0.25, 0.3) is 0 Å². The maximum Gasteiger partial charge on any atom is 0.178 e. The summed E-state index contributed by atoms with van der Waals surface area (Å²) in [6.07, 6.45) is 0.718. The minimum Gasteiger partial charge on any atom is -0.386 e. The number of fused-ring (bicyclic) bond motifs is 1. The average molecular weight is 360 g/mol. The monoisotopic (exact) mass is 360 g/mol. The summed E-state index contributed by atoms with van der Waals surface area (Å²) in [5, 5.41) is 26.9. The van der Waals surface area contributed by atoms with Crippen LogP contribution in [0.3, 0.4) is 0 Å². The molecule has 1 atom stereocenters. The van der Waals surface area contributed by atoms with Gasteiger partial charge in [0, 0.05) is 50.5 Å². The van der Waals surface area contributed by atoms with E-state index in [9.17, 15) is 5.11 Å². The van der Waals surface area contributed by atoms with Crippen molar-refractivity contribution in [3.8, 4) is 0 Å². The normalized spacial score (nSPS) is 24.4. The molecule has 142 valence electrons. The van der Waals surface area contributed by atoms with Gasteiger partial charge in [0.15, 0.2) is 11.5 Å². The Bertz CT molecular complexity index is 772. The van der Waals surface area contributed by atoms with E-state index in [4.69, 9.17) is 9.84 Å². The molecular weight excluding hydrogens is 332 g/mol. The molecule has 2 aliphatic heterocycles. The summed E-state index contributed by atoms with van der Waals surface area (Å²) in [4.78, 5) is 2.27. The first-order chi connectivity index (χ1) is 12.3. The molecule has 2 aliphatic rings. The molecule has 0 saturated carbocycles. The van der Waals surface area contributed by atoms with Crippen LogP contribution in [0.5, 0.6) is 0 Å². The molecule has 2 aromatic rings. The van der Waals surface area contributed by atoms with E-state index in [2.05, 4.69) is 41.2 Å². The van der Waals surface area contributed by atoms with Crippen molar-refractivity contribution in [1.82, 2.24) is 25.1 Å². The standard InChI is InChI=1S/C18H28N6O2/c1-17(2,3)16-21-20-14-4-5-15(22-24(14)16)23-9-13(10-23)8-19-11-18(25)6-7-26-12-18/h4-5,13,19,25H,6-12H2,1-3H3. The maximum atomic E-state index is 10.3. The molecule has 8 nitrogen and oxygen atoms in total. The fraction of sp³-hybridized carbons (Fsp3) is 0.722. The van der Waals surface area contributed by atoms with Crippen molar-refractivity contribution in [2.75, 3.05) is 44.3 Å². The van der Waals surface area contributed by atoms with E-state index in [1.54, 1.807) is 0 Å². The second-order valence-corrected chi connectivity index (χ2v) is 8.66. The van der Waals surface area contributed by atoms with Gasteiger partial charge in [0.05, 0.1) is 6.61 Å². The third kappa shape index (κ3) is 3.41. The Morgan fingerprint density at radius 2 is 2.12 bits per heavy atom. The Morgan fingerprint density at radius 1 is 1.31 bits per heavy atom. The first kappa shape index (κ1) is 17.6. The summed E-state index contributed by atoms with van der Waals surface area (Å²) in [5.74, 6) is 2.41. The van der Waals surface area contributed by atoms with E-state index < -0.39 is 5.60 Å². The predicted octanol–water partition coefficient (Wildman–Crippen LogP) is 0.599. The van der Waals surface area contributed by atoms with Crippen LogP contribution in [-0.4, -0.2) is 69.9 Å². The van der Waals surface area contributed by atoms with E-state index in [-0.39, 0.29) is 5.41 Å². The van der Waals surface area contributed by atoms with Gasteiger partial charge in [-0.3, -0.25) is 0 Å². The van der Waals surface area contributed by atoms with Crippen LogP contribution in [0.25, 0.3) is 5.65 Å². The van der Waals surface area contributed by atoms with Gasteiger partial charge in [-0.15, -0.1) is 15.3 Å². The SMILES string of the molecule is CC(C)(C)c1nnc2ccc(N3CC(CNCC4(O)CCOC4)C3)nn12. The summed E-state index contributed by atoms with van der Waals surface area (Å²) < 4.78 is 7.13. The van der Waals surface area contributed by atoms with Crippen LogP contribution in [0.1, 0.15) is 33.0 Å². The topological polar surface area (TPSA) is 87.8 Å². The lowest BCUT2D eigenvalue weighted by molar-refractivity contribution is 0.0262. The number of aliphatic hydroxyl groups is 1. The third-order valence-corrected chi connectivity index (χ3v) is 5.17. The lowest BCUT2D eigenvalue weighted by Crippen LogP contribution is -2.53. The summed E-state index contributed by atoms with van der Waals surface area (Å²) >= 11 is 0. The van der Waals surface area contributed by atoms with Crippen molar-refractivity contribution < 1.29 is 9.84 Å². The number of ether oxygens (including phenoxy) is 1. The minimum absolute atomic E-state index is 0.101. The molecule has 26 heavy (non-hydrogen) atoms. The molecule has 8 heteroatoms. The fourth-order valence-corrected chi connectivity index (χ4v) is 3.55. The van der Waals surface area contributed by atoms with Gasteiger partial charge >= 0.3 is 0 Å². The highest BCUT2D eigenvalue weighted by Gasteiger charge is 2.33. The van der Waals surface area contributed by atoms with Crippen molar-refractivity contribution >= 4 is 11.5 Å². The van der Waals surface area contributed by atoms with Crippen LogP contribution in [0.2, 0.25) is 0 Å². The van der Waals surface area contributed by atoms with Gasteiger partial charge in [-0.25, -0.2) is 0 Å². The van der Waals surface area contributed by atoms with Crippen LogP contribution in [0, 0.1) is 5.92 Å². The molecule has 2 N–H and O–H groups in total. The maximum absolute atomic E-state index is 10.3. The number of nitrogens with zero attached hydrogens (tertiary/aromatic N) is 5. The van der Waals surface area contributed by atoms with E-state index in [0.717, 1.165) is 43.3 Å². The lowest BCUT2D eigenvalue weighted by atomic mass is 9.96. The second kappa shape index (κ2) is 6.44. The quantitative estimate of drug-likeness (QED) is 0.807. The van der Waals surface area contributed by atoms with Crippen molar-refractivity contribution in [2.45, 2.75) is 38.2 Å². The number of rotatable bonds is 5. The fourth-order valence-electron chi connectivity index (χ4n) is 3.55. The molecule has 0 spiro atoms. The van der Waals surface area contributed by atoms with Gasteiger partial charge in [0.1, 0.15) is 11.4 Å². The van der Waals surface area contributed by atoms with Crippen molar-refractivity contribution in [2.24, 2.45) is 5.92 Å². The van der Waals surface area contributed by atoms with E-state index in [1.807, 2.05) is 16.6 Å². The Kier molecular flexibility index (Phi) is 4.37. The number of hydrogen-bond acceptors (Lipinski definition) is 7. The van der Waals surface area contributed by atoms with Crippen molar-refractivity contribution in [1.29, 1.82) is 0 Å². The second-order valence-electron chi connectivity index (χ2n) is 8.66. The molecular formula is C18H28N6O2. The van der Waals surface area contributed by atoms with Gasteiger partial charge < -0.3 is 20.1 Å². The Hall–Kier alpha value is -1.77. The Labute approximate surface area is 153 Å². The Morgan fingerprint density at radius 3 is 2.81 bits per heavy atom. The molecule has 2 aromatic heterocycles. The van der Waals surface area contributed by atoms with Crippen LogP contribution in [0.15, 0.2) is 12.1 Å². The largest absolute Gasteiger partial charge is 0.386 e. The number of aromatic nitrogens is 4. The summed E-state index contributed by atoms with van der Waals surface area (Å²) in [6, 6.07) is 3.99. The number of hydrogen-bond donors (Lipinski definition) is 2. The zero-order chi connectivity index (χ0) is 18.4. The zero-order valence-corrected chi connectivity index (χ0v) is 15.8. The third-order valence-electron chi connectivity index (χ3n) is 5.17. The van der Waals surface area contributed by atoms with Crippen molar-refractivity contribution in [3.05, 3.63) is 18.0 Å². The first-order valence-corrected chi connectivity index (χ1v) is 9.33. The summed E-state index contributed by atoms with van der Waals surface area (Å²) in [7, 11) is 0. The van der Waals surface area contributed by atoms with Crippen LogP contribution in [0.4, 0.5) is 5.82 Å². The molecule has 0 aliphatic carbocycles. The van der Waals surface area contributed by atoms with Gasteiger partial charge in [-0.05, 0) is 12.1 Å². The molecule has 0 radical (unpaired) electrons. The minimum atomic E-state index is -0.687. The molecule has 4 rings (SSSR count). The molecule has 2 fully saturated rings. The van der Waals surface area contributed by atoms with Gasteiger partial charge in [0.2, 0.25) is 0 Å². The summed E-state index contributed by atoms with van der Waals surface area (Å²) in [5.41, 5.74) is -0.00536. The van der Waals surface area contributed by atoms with Crippen molar-refractivity contribution in [3.63, 3.8) is 0 Å². The molecule has 2 saturated heterocycles. The highest BCUT2D eigenvalue weighted by molar-refractivity contribution is 5.47. The van der Waals surface area contributed by atoms with Gasteiger partial charge in [-0.2, -0.15) is 4.52 Å². The Balaban J connectivity index is 1.34. The smallest absolute Gasteiger partial charge is 0.178 e. The number of anilines is 1. The van der Waals surface area contributed by atoms with E-state index >= 15 is 0 Å². The molecule has 0 bridgehead atoms. The first-order valence-electron chi connectivity index (χ1n) is 9.33. The molecule has 1 unspecified atom stereocenters.